The highest BCUT2D eigenvalue weighted by Gasteiger charge is 2.47. The summed E-state index contributed by atoms with van der Waals surface area (Å²) >= 11 is 0. The molecule has 17 heavy (non-hydrogen) atoms. The molecule has 0 aliphatic carbocycles. The van der Waals surface area contributed by atoms with Crippen molar-refractivity contribution in [2.45, 2.75) is 63.6 Å². The van der Waals surface area contributed by atoms with E-state index in [-0.39, 0.29) is 12.1 Å². The van der Waals surface area contributed by atoms with E-state index < -0.39 is 11.6 Å². The van der Waals surface area contributed by atoms with Crippen LogP contribution in [-0.2, 0) is 19.0 Å². The fourth-order valence-corrected chi connectivity index (χ4v) is 2.65. The van der Waals surface area contributed by atoms with Gasteiger partial charge < -0.3 is 19.3 Å². The molecule has 2 aliphatic rings. The number of aliphatic hydroxyl groups is 1. The molecule has 1 spiro atoms. The molecule has 0 amide bonds. The Morgan fingerprint density at radius 1 is 1.47 bits per heavy atom. The smallest absolute Gasteiger partial charge is 0.302 e. The van der Waals surface area contributed by atoms with E-state index in [0.717, 1.165) is 12.8 Å². The number of ether oxygens (including phenoxy) is 3. The van der Waals surface area contributed by atoms with E-state index >= 15 is 0 Å². The second-order valence-electron chi connectivity index (χ2n) is 5.11. The first-order valence-corrected chi connectivity index (χ1v) is 6.15. The molecule has 5 nitrogen and oxygen atoms in total. The van der Waals surface area contributed by atoms with Gasteiger partial charge in [0.05, 0.1) is 6.61 Å². The minimum Gasteiger partial charge on any atom is -0.462 e. The summed E-state index contributed by atoms with van der Waals surface area (Å²) in [7, 11) is 0. The molecule has 5 heteroatoms. The summed E-state index contributed by atoms with van der Waals surface area (Å²) in [5.41, 5.74) is 0. The summed E-state index contributed by atoms with van der Waals surface area (Å²) in [5.74, 6) is -2.20. The number of carbonyl (C=O) groups excluding carboxylic acids is 1. The van der Waals surface area contributed by atoms with Crippen molar-refractivity contribution in [2.75, 3.05) is 6.61 Å². The minimum atomic E-state index is -1.14. The summed E-state index contributed by atoms with van der Waals surface area (Å²) in [5, 5.41) is 9.95. The van der Waals surface area contributed by atoms with Gasteiger partial charge in [-0.15, -0.1) is 0 Å². The van der Waals surface area contributed by atoms with Gasteiger partial charge >= 0.3 is 5.97 Å². The maximum atomic E-state index is 11.0. The molecular formula is C12H20O5. The maximum absolute atomic E-state index is 11.0. The lowest BCUT2D eigenvalue weighted by Gasteiger charge is -2.47. The third-order valence-corrected chi connectivity index (χ3v) is 3.28. The average molecular weight is 244 g/mol. The van der Waals surface area contributed by atoms with Crippen LogP contribution in [0, 0.1) is 0 Å². The van der Waals surface area contributed by atoms with Crippen LogP contribution in [0.15, 0.2) is 0 Å². The van der Waals surface area contributed by atoms with Gasteiger partial charge in [-0.2, -0.15) is 0 Å². The summed E-state index contributed by atoms with van der Waals surface area (Å²) < 4.78 is 16.5. The van der Waals surface area contributed by atoms with Crippen LogP contribution in [0.5, 0.6) is 0 Å². The largest absolute Gasteiger partial charge is 0.462 e. The van der Waals surface area contributed by atoms with E-state index in [2.05, 4.69) is 0 Å². The number of rotatable bonds is 1. The molecule has 0 saturated carbocycles. The van der Waals surface area contributed by atoms with Crippen LogP contribution < -0.4 is 0 Å². The van der Waals surface area contributed by atoms with Crippen LogP contribution in [0.4, 0.5) is 0 Å². The highest BCUT2D eigenvalue weighted by atomic mass is 16.8. The summed E-state index contributed by atoms with van der Waals surface area (Å²) in [6.07, 6.45) is 3.21. The summed E-state index contributed by atoms with van der Waals surface area (Å²) in [4.78, 5) is 11.0. The van der Waals surface area contributed by atoms with Gasteiger partial charge in [-0.3, -0.25) is 4.79 Å². The predicted octanol–water partition coefficient (Wildman–Crippen LogP) is 1.33. The van der Waals surface area contributed by atoms with Crippen molar-refractivity contribution in [3.8, 4) is 0 Å². The van der Waals surface area contributed by atoms with E-state index in [9.17, 15) is 9.90 Å². The molecular weight excluding hydrogens is 224 g/mol. The second kappa shape index (κ2) is 4.55. The minimum absolute atomic E-state index is 0.171. The Morgan fingerprint density at radius 3 is 2.88 bits per heavy atom. The molecule has 3 atom stereocenters. The number of carbonyl (C=O) groups is 1. The lowest BCUT2D eigenvalue weighted by atomic mass is 9.92. The van der Waals surface area contributed by atoms with Gasteiger partial charge in [0.25, 0.3) is 0 Å². The fourth-order valence-electron chi connectivity index (χ4n) is 2.65. The molecule has 1 N–H and O–H groups in total. The molecule has 0 aromatic rings. The van der Waals surface area contributed by atoms with Crippen molar-refractivity contribution in [1.29, 1.82) is 0 Å². The quantitative estimate of drug-likeness (QED) is 0.705. The third kappa shape index (κ3) is 3.18. The first kappa shape index (κ1) is 12.8. The topological polar surface area (TPSA) is 65.0 Å². The Morgan fingerprint density at radius 2 is 2.24 bits per heavy atom. The normalized spacial score (nSPS) is 42.4. The van der Waals surface area contributed by atoms with E-state index in [0.29, 0.717) is 25.9 Å². The molecule has 2 fully saturated rings. The Kier molecular flexibility index (Phi) is 3.43. The van der Waals surface area contributed by atoms with E-state index in [1.165, 1.54) is 6.92 Å². The van der Waals surface area contributed by atoms with Crippen LogP contribution in [0.1, 0.15) is 46.0 Å². The molecule has 2 heterocycles. The Hall–Kier alpha value is -0.650. The van der Waals surface area contributed by atoms with Crippen molar-refractivity contribution < 1.29 is 24.1 Å². The standard InChI is InChI=1S/C12H20O5/c1-9(13)16-10-4-7-15-12(8-10)6-3-5-11(2,14)17-12/h10,14H,3-8H2,1-2H3. The van der Waals surface area contributed by atoms with Gasteiger partial charge in [0, 0.05) is 32.6 Å². The maximum Gasteiger partial charge on any atom is 0.302 e. The molecule has 0 aromatic carbocycles. The zero-order chi connectivity index (χ0) is 12.5. The van der Waals surface area contributed by atoms with Crippen LogP contribution >= 0.6 is 0 Å². The number of esters is 1. The first-order valence-electron chi connectivity index (χ1n) is 6.15. The van der Waals surface area contributed by atoms with Crippen molar-refractivity contribution in [3.63, 3.8) is 0 Å². The van der Waals surface area contributed by atoms with Crippen molar-refractivity contribution in [2.24, 2.45) is 0 Å². The van der Waals surface area contributed by atoms with Gasteiger partial charge in [0.1, 0.15) is 6.10 Å². The van der Waals surface area contributed by atoms with Gasteiger partial charge in [-0.25, -0.2) is 0 Å². The molecule has 0 bridgehead atoms. The van der Waals surface area contributed by atoms with E-state index in [1.807, 2.05) is 0 Å². The molecule has 3 unspecified atom stereocenters. The predicted molar refractivity (Wildman–Crippen MR) is 59.0 cm³/mol. The highest BCUT2D eigenvalue weighted by Crippen LogP contribution is 2.40. The lowest BCUT2D eigenvalue weighted by Crippen LogP contribution is -2.53. The Bertz CT molecular complexity index is 297. The van der Waals surface area contributed by atoms with Gasteiger partial charge in [-0.05, 0) is 13.3 Å². The molecule has 0 aromatic heterocycles. The van der Waals surface area contributed by atoms with E-state index in [4.69, 9.17) is 14.2 Å². The van der Waals surface area contributed by atoms with Crippen molar-refractivity contribution in [3.05, 3.63) is 0 Å². The monoisotopic (exact) mass is 244 g/mol. The second-order valence-corrected chi connectivity index (χ2v) is 5.11. The zero-order valence-corrected chi connectivity index (χ0v) is 10.4. The Balaban J connectivity index is 2.02. The molecule has 2 aliphatic heterocycles. The van der Waals surface area contributed by atoms with Gasteiger partial charge in [0.2, 0.25) is 0 Å². The summed E-state index contributed by atoms with van der Waals surface area (Å²) in [6.45, 7) is 3.54. The number of hydrogen-bond acceptors (Lipinski definition) is 5. The highest BCUT2D eigenvalue weighted by molar-refractivity contribution is 5.66. The molecule has 98 valence electrons. The summed E-state index contributed by atoms with van der Waals surface area (Å²) in [6, 6.07) is 0. The van der Waals surface area contributed by atoms with Crippen LogP contribution in [0.2, 0.25) is 0 Å². The molecule has 0 radical (unpaired) electrons. The van der Waals surface area contributed by atoms with E-state index in [1.54, 1.807) is 6.92 Å². The van der Waals surface area contributed by atoms with Crippen molar-refractivity contribution >= 4 is 5.97 Å². The average Bonchev–Trinajstić information content (AvgIpc) is 2.13. The third-order valence-electron chi connectivity index (χ3n) is 3.28. The van der Waals surface area contributed by atoms with Crippen LogP contribution in [0.3, 0.4) is 0 Å². The van der Waals surface area contributed by atoms with Gasteiger partial charge in [-0.1, -0.05) is 0 Å². The Labute approximate surface area is 101 Å². The molecule has 2 rings (SSSR count). The van der Waals surface area contributed by atoms with Crippen molar-refractivity contribution in [1.82, 2.24) is 0 Å². The van der Waals surface area contributed by atoms with Crippen LogP contribution in [0.25, 0.3) is 0 Å². The first-order chi connectivity index (χ1) is 7.91. The fraction of sp³-hybridized carbons (Fsp3) is 0.917. The number of hydrogen-bond donors (Lipinski definition) is 1. The lowest BCUT2D eigenvalue weighted by molar-refractivity contribution is -0.379. The van der Waals surface area contributed by atoms with Gasteiger partial charge in [0.15, 0.2) is 11.6 Å². The SMILES string of the molecule is CC(=O)OC1CCOC2(CCCC(C)(O)O2)C1. The van der Waals surface area contributed by atoms with Crippen LogP contribution in [-0.4, -0.2) is 35.4 Å². The zero-order valence-electron chi connectivity index (χ0n) is 10.4. The molecule has 2 saturated heterocycles.